The number of rotatable bonds is 10. The van der Waals surface area contributed by atoms with Crippen molar-refractivity contribution in [1.29, 1.82) is 5.41 Å². The number of carbonyl (C=O) groups excluding carboxylic acids is 1. The van der Waals surface area contributed by atoms with Gasteiger partial charge in [0, 0.05) is 13.3 Å². The highest BCUT2D eigenvalue weighted by Gasteiger charge is 2.21. The van der Waals surface area contributed by atoms with Crippen LogP contribution in [0.15, 0.2) is 28.0 Å². The molecular weight excluding hydrogens is 438 g/mol. The first-order chi connectivity index (χ1) is 16.0. The van der Waals surface area contributed by atoms with Crippen LogP contribution < -0.4 is 15.7 Å². The Morgan fingerprint density at radius 1 is 1.32 bits per heavy atom. The number of carbonyl (C=O) groups is 1. The number of anilines is 1. The Morgan fingerprint density at radius 3 is 2.62 bits per heavy atom. The zero-order valence-electron chi connectivity index (χ0n) is 20.9. The van der Waals surface area contributed by atoms with Crippen molar-refractivity contribution in [2.24, 2.45) is 10.9 Å². The summed E-state index contributed by atoms with van der Waals surface area (Å²) in [5.74, 6) is 0.899. The van der Waals surface area contributed by atoms with E-state index in [1.807, 2.05) is 13.8 Å². The van der Waals surface area contributed by atoms with Crippen LogP contribution in [0.5, 0.6) is 5.75 Å². The SMILES string of the molecule is CCC(C)C=Nc1c(C(C)=N)[nH]c(=O)n1-c1ccc(OCCOC)c(NC(=O)OC(C)(C)C)c1. The molecule has 1 aromatic carbocycles. The molecular formula is C24H35N5O5. The summed E-state index contributed by atoms with van der Waals surface area (Å²) in [6, 6.07) is 4.94. The Hall–Kier alpha value is -3.40. The molecule has 2 rings (SSSR count). The van der Waals surface area contributed by atoms with Crippen LogP contribution in [0, 0.1) is 11.3 Å². The van der Waals surface area contributed by atoms with Crippen molar-refractivity contribution in [2.75, 3.05) is 25.6 Å². The zero-order valence-corrected chi connectivity index (χ0v) is 20.9. The largest absolute Gasteiger partial charge is 0.489 e. The van der Waals surface area contributed by atoms with Gasteiger partial charge >= 0.3 is 11.8 Å². The molecule has 3 N–H and O–H groups in total. The fourth-order valence-electron chi connectivity index (χ4n) is 2.88. The van der Waals surface area contributed by atoms with Crippen LogP contribution >= 0.6 is 0 Å². The zero-order chi connectivity index (χ0) is 25.5. The van der Waals surface area contributed by atoms with Gasteiger partial charge in [0.25, 0.3) is 0 Å². The average molecular weight is 474 g/mol. The lowest BCUT2D eigenvalue weighted by molar-refractivity contribution is 0.0635. The number of methoxy groups -OCH3 is 1. The number of benzene rings is 1. The molecule has 1 amide bonds. The van der Waals surface area contributed by atoms with E-state index < -0.39 is 17.4 Å². The molecule has 1 aromatic heterocycles. The predicted octanol–water partition coefficient (Wildman–Crippen LogP) is 4.67. The predicted molar refractivity (Wildman–Crippen MR) is 134 cm³/mol. The third-order valence-corrected chi connectivity index (χ3v) is 4.74. The van der Waals surface area contributed by atoms with Gasteiger partial charge in [-0.1, -0.05) is 13.8 Å². The summed E-state index contributed by atoms with van der Waals surface area (Å²) in [7, 11) is 1.56. The first-order valence-electron chi connectivity index (χ1n) is 11.2. The van der Waals surface area contributed by atoms with Gasteiger partial charge < -0.3 is 24.6 Å². The van der Waals surface area contributed by atoms with Crippen LogP contribution in [0.4, 0.5) is 16.3 Å². The minimum absolute atomic E-state index is 0.179. The number of hydrogen-bond acceptors (Lipinski definition) is 7. The maximum absolute atomic E-state index is 12.9. The van der Waals surface area contributed by atoms with Crippen LogP contribution in [-0.4, -0.2) is 53.5 Å². The highest BCUT2D eigenvalue weighted by Crippen LogP contribution is 2.30. The van der Waals surface area contributed by atoms with Gasteiger partial charge in [-0.25, -0.2) is 19.1 Å². The smallest absolute Gasteiger partial charge is 0.412 e. The lowest BCUT2D eigenvalue weighted by Gasteiger charge is -2.21. The van der Waals surface area contributed by atoms with Gasteiger partial charge in [-0.2, -0.15) is 0 Å². The molecule has 0 bridgehead atoms. The highest BCUT2D eigenvalue weighted by atomic mass is 16.6. The first-order valence-corrected chi connectivity index (χ1v) is 11.2. The number of imidazole rings is 1. The molecule has 0 saturated heterocycles. The van der Waals surface area contributed by atoms with Crippen molar-refractivity contribution in [2.45, 2.75) is 53.6 Å². The van der Waals surface area contributed by atoms with E-state index in [9.17, 15) is 9.59 Å². The van der Waals surface area contributed by atoms with Crippen LogP contribution in [-0.2, 0) is 9.47 Å². The number of ether oxygens (including phenoxy) is 3. The quantitative estimate of drug-likeness (QED) is 0.341. The van der Waals surface area contributed by atoms with Gasteiger partial charge in [0.1, 0.15) is 23.7 Å². The number of nitrogens with one attached hydrogen (secondary N) is 3. The summed E-state index contributed by atoms with van der Waals surface area (Å²) in [6.45, 7) is 11.6. The van der Waals surface area contributed by atoms with Gasteiger partial charge in [0.05, 0.1) is 23.7 Å². The second-order valence-corrected chi connectivity index (χ2v) is 8.90. The summed E-state index contributed by atoms with van der Waals surface area (Å²) < 4.78 is 17.5. The second-order valence-electron chi connectivity index (χ2n) is 8.90. The Bertz CT molecular complexity index is 1090. The third kappa shape index (κ3) is 7.31. The molecule has 0 aliphatic heterocycles. The number of aromatic amines is 1. The number of aromatic nitrogens is 2. The molecule has 186 valence electrons. The minimum Gasteiger partial charge on any atom is -0.489 e. The Morgan fingerprint density at radius 2 is 2.03 bits per heavy atom. The van der Waals surface area contributed by atoms with E-state index in [-0.39, 0.29) is 18.2 Å². The van der Waals surface area contributed by atoms with Crippen molar-refractivity contribution in [3.8, 4) is 11.4 Å². The molecule has 34 heavy (non-hydrogen) atoms. The molecule has 10 heteroatoms. The molecule has 0 radical (unpaired) electrons. The van der Waals surface area contributed by atoms with Gasteiger partial charge in [0.2, 0.25) is 0 Å². The number of amides is 1. The van der Waals surface area contributed by atoms with Gasteiger partial charge in [-0.3, -0.25) is 5.32 Å². The van der Waals surface area contributed by atoms with Crippen molar-refractivity contribution in [3.63, 3.8) is 0 Å². The normalized spacial score (nSPS) is 12.6. The summed E-state index contributed by atoms with van der Waals surface area (Å²) in [6.07, 6.45) is 1.98. The molecule has 0 spiro atoms. The van der Waals surface area contributed by atoms with Crippen LogP contribution in [0.25, 0.3) is 5.69 Å². The Balaban J connectivity index is 2.58. The summed E-state index contributed by atoms with van der Waals surface area (Å²) in [4.78, 5) is 32.6. The standard InChI is InChI=1S/C24H35N5O5/c1-8-15(2)14-26-21-20(16(3)25)28-22(30)29(21)17-9-10-19(33-12-11-32-7)18(13-17)27-23(31)34-24(4,5)6/h9-10,13-15,25H,8,11-12H2,1-7H3,(H,27,31)(H,28,30). The van der Waals surface area contributed by atoms with Crippen LogP contribution in [0.2, 0.25) is 0 Å². The van der Waals surface area contributed by atoms with Crippen molar-refractivity contribution in [3.05, 3.63) is 34.4 Å². The van der Waals surface area contributed by atoms with Gasteiger partial charge in [0.15, 0.2) is 5.82 Å². The van der Waals surface area contributed by atoms with E-state index in [1.165, 1.54) is 4.57 Å². The molecule has 1 heterocycles. The van der Waals surface area contributed by atoms with E-state index in [4.69, 9.17) is 19.6 Å². The highest BCUT2D eigenvalue weighted by molar-refractivity contribution is 5.99. The van der Waals surface area contributed by atoms with Crippen LogP contribution in [0.1, 0.15) is 53.7 Å². The monoisotopic (exact) mass is 473 g/mol. The lowest BCUT2D eigenvalue weighted by Crippen LogP contribution is -2.27. The number of aliphatic imine (C=N–C) groups is 1. The Kier molecular flexibility index (Phi) is 9.19. The van der Waals surface area contributed by atoms with E-state index >= 15 is 0 Å². The molecule has 0 saturated carbocycles. The number of nitrogens with zero attached hydrogens (tertiary/aromatic N) is 2. The van der Waals surface area contributed by atoms with E-state index in [0.29, 0.717) is 35.2 Å². The number of hydrogen-bond donors (Lipinski definition) is 3. The Labute approximate surface area is 199 Å². The van der Waals surface area contributed by atoms with Crippen LogP contribution in [0.3, 0.4) is 0 Å². The maximum atomic E-state index is 12.9. The molecule has 0 aliphatic rings. The molecule has 1 unspecified atom stereocenters. The topological polar surface area (TPSA) is 131 Å². The maximum Gasteiger partial charge on any atom is 0.412 e. The molecule has 1 atom stereocenters. The van der Waals surface area contributed by atoms with Crippen molar-refractivity contribution in [1.82, 2.24) is 9.55 Å². The summed E-state index contributed by atoms with van der Waals surface area (Å²) >= 11 is 0. The minimum atomic E-state index is -0.690. The number of H-pyrrole nitrogens is 1. The van der Waals surface area contributed by atoms with E-state index in [0.717, 1.165) is 6.42 Å². The molecule has 10 nitrogen and oxygen atoms in total. The fraction of sp³-hybridized carbons (Fsp3) is 0.500. The molecule has 0 aliphatic carbocycles. The van der Waals surface area contributed by atoms with E-state index in [2.05, 4.69) is 15.3 Å². The summed E-state index contributed by atoms with van der Waals surface area (Å²) in [5.41, 5.74) is 0.126. The molecule has 0 fully saturated rings. The van der Waals surface area contributed by atoms with Gasteiger partial charge in [-0.05, 0) is 58.2 Å². The van der Waals surface area contributed by atoms with Gasteiger partial charge in [-0.15, -0.1) is 0 Å². The van der Waals surface area contributed by atoms with Crippen molar-refractivity contribution >= 4 is 29.5 Å². The molecule has 2 aromatic rings. The average Bonchev–Trinajstić information content (AvgIpc) is 3.08. The summed E-state index contributed by atoms with van der Waals surface area (Å²) in [5, 5.41) is 10.8. The lowest BCUT2D eigenvalue weighted by atomic mass is 10.1. The van der Waals surface area contributed by atoms with Crippen molar-refractivity contribution < 1.29 is 19.0 Å². The fourth-order valence-corrected chi connectivity index (χ4v) is 2.88. The third-order valence-electron chi connectivity index (χ3n) is 4.74. The second kappa shape index (κ2) is 11.6. The first kappa shape index (κ1) is 26.8. The van der Waals surface area contributed by atoms with E-state index in [1.54, 1.807) is 59.2 Å².